The molecule has 0 saturated carbocycles. The van der Waals surface area contributed by atoms with Gasteiger partial charge in [-0.05, 0) is 54.8 Å². The van der Waals surface area contributed by atoms with Crippen molar-refractivity contribution in [2.75, 3.05) is 4.90 Å². The Labute approximate surface area is 153 Å². The molecule has 3 nitrogen and oxygen atoms in total. The second-order valence-corrected chi connectivity index (χ2v) is 6.48. The van der Waals surface area contributed by atoms with Gasteiger partial charge in [-0.2, -0.15) is 0 Å². The smallest absolute Gasteiger partial charge is 0.275 e. The lowest BCUT2D eigenvalue weighted by molar-refractivity contribution is -0.111. The maximum absolute atomic E-state index is 13.2. The van der Waals surface area contributed by atoms with Gasteiger partial charge in [0.1, 0.15) is 5.71 Å². The highest BCUT2D eigenvalue weighted by Gasteiger charge is 2.34. The van der Waals surface area contributed by atoms with Crippen LogP contribution in [0.15, 0.2) is 77.8 Å². The molecule has 4 rings (SSSR count). The summed E-state index contributed by atoms with van der Waals surface area (Å²) < 4.78 is 0. The SMILES string of the molecule is CCc1cccc(N2C(=O)C(=Nc3cccc(C)c3)c3ccccc32)c1. The Hall–Kier alpha value is -3.20. The van der Waals surface area contributed by atoms with Crippen molar-refractivity contribution in [3.8, 4) is 0 Å². The number of carbonyl (C=O) groups excluding carboxylic acids is 1. The third kappa shape index (κ3) is 2.82. The predicted octanol–water partition coefficient (Wildman–Crippen LogP) is 5.36. The summed E-state index contributed by atoms with van der Waals surface area (Å²) >= 11 is 0. The molecule has 1 aliphatic rings. The second-order valence-electron chi connectivity index (χ2n) is 6.48. The van der Waals surface area contributed by atoms with Crippen LogP contribution in [0, 0.1) is 6.92 Å². The zero-order chi connectivity index (χ0) is 18.1. The number of aliphatic imine (C=N–C) groups is 1. The first-order valence-electron chi connectivity index (χ1n) is 8.85. The molecule has 0 atom stereocenters. The number of fused-ring (bicyclic) bond motifs is 1. The average molecular weight is 340 g/mol. The van der Waals surface area contributed by atoms with E-state index in [9.17, 15) is 4.79 Å². The molecule has 1 aliphatic heterocycles. The third-order valence-corrected chi connectivity index (χ3v) is 4.63. The molecule has 0 bridgehead atoms. The highest BCUT2D eigenvalue weighted by Crippen LogP contribution is 2.36. The topological polar surface area (TPSA) is 32.7 Å². The summed E-state index contributed by atoms with van der Waals surface area (Å²) in [5.41, 5.74) is 6.27. The summed E-state index contributed by atoms with van der Waals surface area (Å²) in [7, 11) is 0. The van der Waals surface area contributed by atoms with E-state index in [-0.39, 0.29) is 5.91 Å². The fourth-order valence-electron chi connectivity index (χ4n) is 3.31. The Balaban J connectivity index is 1.85. The van der Waals surface area contributed by atoms with Gasteiger partial charge in [-0.1, -0.05) is 49.4 Å². The van der Waals surface area contributed by atoms with Gasteiger partial charge >= 0.3 is 0 Å². The molecule has 0 fully saturated rings. The molecule has 1 heterocycles. The van der Waals surface area contributed by atoms with E-state index in [1.165, 1.54) is 5.56 Å². The van der Waals surface area contributed by atoms with E-state index in [0.717, 1.165) is 34.6 Å². The van der Waals surface area contributed by atoms with E-state index >= 15 is 0 Å². The van der Waals surface area contributed by atoms with E-state index in [0.29, 0.717) is 5.71 Å². The first-order valence-corrected chi connectivity index (χ1v) is 8.85. The Morgan fingerprint density at radius 1 is 0.923 bits per heavy atom. The molecular formula is C23H20N2O. The molecule has 3 heteroatoms. The molecule has 0 N–H and O–H groups in total. The zero-order valence-electron chi connectivity index (χ0n) is 14.9. The van der Waals surface area contributed by atoms with Crippen molar-refractivity contribution in [1.29, 1.82) is 0 Å². The molecule has 128 valence electrons. The summed E-state index contributed by atoms with van der Waals surface area (Å²) in [6.45, 7) is 4.14. The number of amides is 1. The molecule has 26 heavy (non-hydrogen) atoms. The van der Waals surface area contributed by atoms with Gasteiger partial charge in [-0.15, -0.1) is 0 Å². The standard InChI is InChI=1S/C23H20N2O/c1-3-17-9-7-11-19(15-17)25-21-13-5-4-12-20(21)22(23(25)26)24-18-10-6-8-16(2)14-18/h4-15H,3H2,1-2H3. The number of aryl methyl sites for hydroxylation is 2. The Kier molecular flexibility index (Phi) is 4.13. The van der Waals surface area contributed by atoms with Crippen molar-refractivity contribution in [2.45, 2.75) is 20.3 Å². The second kappa shape index (κ2) is 6.60. The number of rotatable bonds is 3. The molecule has 3 aromatic rings. The first-order chi connectivity index (χ1) is 12.7. The number of hydrogen-bond acceptors (Lipinski definition) is 2. The van der Waals surface area contributed by atoms with E-state index in [4.69, 9.17) is 0 Å². The number of benzene rings is 3. The van der Waals surface area contributed by atoms with Crippen LogP contribution in [0.25, 0.3) is 0 Å². The fraction of sp³-hybridized carbons (Fsp3) is 0.130. The number of para-hydroxylation sites is 1. The average Bonchev–Trinajstić information content (AvgIpc) is 2.94. The van der Waals surface area contributed by atoms with Crippen molar-refractivity contribution < 1.29 is 4.79 Å². The summed E-state index contributed by atoms with van der Waals surface area (Å²) in [6.07, 6.45) is 0.932. The van der Waals surface area contributed by atoms with Crippen LogP contribution in [0.2, 0.25) is 0 Å². The molecule has 0 aromatic heterocycles. The van der Waals surface area contributed by atoms with Crippen LogP contribution in [-0.4, -0.2) is 11.6 Å². The Morgan fingerprint density at radius 3 is 2.54 bits per heavy atom. The van der Waals surface area contributed by atoms with Crippen molar-refractivity contribution in [2.24, 2.45) is 4.99 Å². The lowest BCUT2D eigenvalue weighted by atomic mass is 10.1. The fourth-order valence-corrected chi connectivity index (χ4v) is 3.31. The molecule has 0 aliphatic carbocycles. The minimum Gasteiger partial charge on any atom is -0.275 e. The number of hydrogen-bond donors (Lipinski definition) is 0. The van der Waals surface area contributed by atoms with E-state index in [1.807, 2.05) is 67.6 Å². The van der Waals surface area contributed by atoms with Crippen LogP contribution in [0.3, 0.4) is 0 Å². The zero-order valence-corrected chi connectivity index (χ0v) is 14.9. The Bertz CT molecular complexity index is 1020. The van der Waals surface area contributed by atoms with Gasteiger partial charge in [-0.3, -0.25) is 9.69 Å². The lowest BCUT2D eigenvalue weighted by Gasteiger charge is -2.17. The minimum atomic E-state index is -0.0824. The van der Waals surface area contributed by atoms with Gasteiger partial charge in [-0.25, -0.2) is 4.99 Å². The van der Waals surface area contributed by atoms with Gasteiger partial charge in [0.15, 0.2) is 0 Å². The minimum absolute atomic E-state index is 0.0824. The quantitative estimate of drug-likeness (QED) is 0.632. The monoisotopic (exact) mass is 340 g/mol. The van der Waals surface area contributed by atoms with Crippen LogP contribution in [-0.2, 0) is 11.2 Å². The highest BCUT2D eigenvalue weighted by molar-refractivity contribution is 6.56. The number of nitrogens with zero attached hydrogens (tertiary/aromatic N) is 2. The Morgan fingerprint density at radius 2 is 1.73 bits per heavy atom. The van der Waals surface area contributed by atoms with Gasteiger partial charge in [0, 0.05) is 11.3 Å². The highest BCUT2D eigenvalue weighted by atomic mass is 16.2. The van der Waals surface area contributed by atoms with Crippen LogP contribution >= 0.6 is 0 Å². The van der Waals surface area contributed by atoms with Gasteiger partial charge in [0.05, 0.1) is 11.4 Å². The third-order valence-electron chi connectivity index (χ3n) is 4.63. The lowest BCUT2D eigenvalue weighted by Crippen LogP contribution is -2.25. The largest absolute Gasteiger partial charge is 0.282 e. The molecule has 0 spiro atoms. The van der Waals surface area contributed by atoms with Crippen molar-refractivity contribution in [1.82, 2.24) is 0 Å². The van der Waals surface area contributed by atoms with Crippen LogP contribution < -0.4 is 4.90 Å². The first kappa shape index (κ1) is 16.3. The predicted molar refractivity (Wildman–Crippen MR) is 107 cm³/mol. The maximum Gasteiger partial charge on any atom is 0.282 e. The number of anilines is 2. The van der Waals surface area contributed by atoms with Crippen LogP contribution in [0.1, 0.15) is 23.6 Å². The maximum atomic E-state index is 13.2. The summed E-state index contributed by atoms with van der Waals surface area (Å²) in [5, 5.41) is 0. The normalized spacial score (nSPS) is 14.8. The molecule has 0 radical (unpaired) electrons. The van der Waals surface area contributed by atoms with Crippen molar-refractivity contribution >= 4 is 28.7 Å². The van der Waals surface area contributed by atoms with Gasteiger partial charge < -0.3 is 0 Å². The number of carbonyl (C=O) groups is 1. The van der Waals surface area contributed by atoms with E-state index in [1.54, 1.807) is 4.90 Å². The van der Waals surface area contributed by atoms with Crippen molar-refractivity contribution in [3.05, 3.63) is 89.5 Å². The summed E-state index contributed by atoms with van der Waals surface area (Å²) in [5.74, 6) is -0.0824. The molecule has 3 aromatic carbocycles. The van der Waals surface area contributed by atoms with Crippen LogP contribution in [0.4, 0.5) is 17.1 Å². The molecule has 0 unspecified atom stereocenters. The molecular weight excluding hydrogens is 320 g/mol. The van der Waals surface area contributed by atoms with E-state index in [2.05, 4.69) is 24.0 Å². The molecule has 0 saturated heterocycles. The van der Waals surface area contributed by atoms with Crippen LogP contribution in [0.5, 0.6) is 0 Å². The molecule has 1 amide bonds. The van der Waals surface area contributed by atoms with Gasteiger partial charge in [0.2, 0.25) is 0 Å². The van der Waals surface area contributed by atoms with E-state index < -0.39 is 0 Å². The summed E-state index contributed by atoms with van der Waals surface area (Å²) in [6, 6.07) is 23.9. The summed E-state index contributed by atoms with van der Waals surface area (Å²) in [4.78, 5) is 19.7. The van der Waals surface area contributed by atoms with Gasteiger partial charge in [0.25, 0.3) is 5.91 Å². The van der Waals surface area contributed by atoms with Crippen molar-refractivity contribution in [3.63, 3.8) is 0 Å².